The van der Waals surface area contributed by atoms with Gasteiger partial charge in [0.05, 0.1) is 5.57 Å². The number of carbonyl (C=O) groups is 2. The Morgan fingerprint density at radius 1 is 1.04 bits per heavy atom. The fourth-order valence-electron chi connectivity index (χ4n) is 4.34. The van der Waals surface area contributed by atoms with Crippen LogP contribution in [0.5, 0.6) is 0 Å². The largest absolute Gasteiger partial charge is 0.450 e. The Morgan fingerprint density at radius 3 is 2.24 bits per heavy atom. The molecule has 3 heterocycles. The molecule has 0 bridgehead atoms. The van der Waals surface area contributed by atoms with E-state index in [0.717, 1.165) is 71.6 Å². The first-order valence-electron chi connectivity index (χ1n) is 9.69. The number of nitrogens with zero attached hydrogens (tertiary/aromatic N) is 3. The third-order valence-corrected chi connectivity index (χ3v) is 5.95. The van der Waals surface area contributed by atoms with E-state index < -0.39 is 5.60 Å². The van der Waals surface area contributed by atoms with E-state index in [-0.39, 0.29) is 11.9 Å². The Kier molecular flexibility index (Phi) is 5.49. The third-order valence-electron chi connectivity index (χ3n) is 5.95. The Bertz CT molecular complexity index is 556. The maximum atomic E-state index is 13.2. The topological polar surface area (TPSA) is 53.1 Å². The Hall–Kier alpha value is -1.40. The lowest BCUT2D eigenvalue weighted by Crippen LogP contribution is -2.53. The monoisotopic (exact) mass is 349 g/mol. The van der Waals surface area contributed by atoms with Crippen LogP contribution in [-0.2, 0) is 14.3 Å². The summed E-state index contributed by atoms with van der Waals surface area (Å²) >= 11 is 0. The zero-order valence-corrected chi connectivity index (χ0v) is 15.8. The number of piperazine rings is 1. The minimum absolute atomic E-state index is 0.0180. The van der Waals surface area contributed by atoms with Crippen molar-refractivity contribution in [1.29, 1.82) is 0 Å². The summed E-state index contributed by atoms with van der Waals surface area (Å²) in [6.07, 6.45) is 2.58. The summed E-state index contributed by atoms with van der Waals surface area (Å²) in [5.41, 5.74) is 0.466. The van der Waals surface area contributed by atoms with Crippen LogP contribution < -0.4 is 0 Å². The molecule has 0 aliphatic carbocycles. The van der Waals surface area contributed by atoms with Gasteiger partial charge < -0.3 is 14.5 Å². The van der Waals surface area contributed by atoms with Crippen LogP contribution in [-0.4, -0.2) is 84.5 Å². The molecule has 140 valence electrons. The van der Waals surface area contributed by atoms with Crippen molar-refractivity contribution in [3.8, 4) is 0 Å². The lowest BCUT2D eigenvalue weighted by atomic mass is 9.82. The van der Waals surface area contributed by atoms with Crippen LogP contribution in [0.3, 0.4) is 0 Å². The highest BCUT2D eigenvalue weighted by molar-refractivity contribution is 6.07. The van der Waals surface area contributed by atoms with Gasteiger partial charge in [0.2, 0.25) is 0 Å². The van der Waals surface area contributed by atoms with Crippen molar-refractivity contribution in [2.75, 3.05) is 52.4 Å². The zero-order chi connectivity index (χ0) is 18.0. The van der Waals surface area contributed by atoms with E-state index in [1.165, 1.54) is 0 Å². The standard InChI is InChI=1S/C19H31N3O3/c1-4-8-21-11-13-22(14-12-21)17(23)16-15(3)18(24)25-19(16)6-9-20(5-2)10-7-19/h4-14H2,1-3H3. The molecule has 3 aliphatic heterocycles. The molecule has 0 unspecified atom stereocenters. The molecular formula is C19H31N3O3. The molecule has 3 aliphatic rings. The number of amides is 1. The van der Waals surface area contributed by atoms with Gasteiger partial charge in [-0.15, -0.1) is 0 Å². The number of esters is 1. The van der Waals surface area contributed by atoms with Crippen LogP contribution in [0.2, 0.25) is 0 Å². The van der Waals surface area contributed by atoms with E-state index in [9.17, 15) is 9.59 Å². The first-order chi connectivity index (χ1) is 12.0. The van der Waals surface area contributed by atoms with E-state index in [2.05, 4.69) is 23.6 Å². The number of hydrogen-bond donors (Lipinski definition) is 0. The van der Waals surface area contributed by atoms with Crippen LogP contribution in [0, 0.1) is 0 Å². The van der Waals surface area contributed by atoms with E-state index in [4.69, 9.17) is 4.74 Å². The van der Waals surface area contributed by atoms with Gasteiger partial charge in [-0.05, 0) is 26.4 Å². The summed E-state index contributed by atoms with van der Waals surface area (Å²) in [7, 11) is 0. The van der Waals surface area contributed by atoms with Crippen molar-refractivity contribution in [3.05, 3.63) is 11.1 Å². The average Bonchev–Trinajstić information content (AvgIpc) is 2.86. The maximum Gasteiger partial charge on any atom is 0.335 e. The van der Waals surface area contributed by atoms with Crippen LogP contribution in [0.15, 0.2) is 11.1 Å². The minimum atomic E-state index is -0.690. The molecule has 0 aromatic rings. The highest BCUT2D eigenvalue weighted by atomic mass is 16.6. The smallest absolute Gasteiger partial charge is 0.335 e. The minimum Gasteiger partial charge on any atom is -0.450 e. The SMILES string of the molecule is CCCN1CCN(C(=O)C2=C(C)C(=O)OC23CCN(CC)CC3)CC1. The number of carbonyl (C=O) groups excluding carboxylic acids is 2. The molecule has 3 rings (SSSR count). The molecule has 0 radical (unpaired) electrons. The normalized spacial score (nSPS) is 24.9. The molecule has 1 spiro atoms. The van der Waals surface area contributed by atoms with Gasteiger partial charge in [0.15, 0.2) is 0 Å². The number of ether oxygens (including phenoxy) is 1. The summed E-state index contributed by atoms with van der Waals surface area (Å²) in [4.78, 5) is 32.2. The molecule has 6 heteroatoms. The first-order valence-corrected chi connectivity index (χ1v) is 9.69. The quantitative estimate of drug-likeness (QED) is 0.716. The summed E-state index contributed by atoms with van der Waals surface area (Å²) in [5.74, 6) is -0.289. The lowest BCUT2D eigenvalue weighted by molar-refractivity contribution is -0.151. The van der Waals surface area contributed by atoms with Gasteiger partial charge in [0.1, 0.15) is 5.60 Å². The fraction of sp³-hybridized carbons (Fsp3) is 0.789. The first kappa shape index (κ1) is 18.4. The van der Waals surface area contributed by atoms with Gasteiger partial charge in [-0.2, -0.15) is 0 Å². The van der Waals surface area contributed by atoms with Crippen LogP contribution in [0.1, 0.15) is 40.0 Å². The molecule has 25 heavy (non-hydrogen) atoms. The van der Waals surface area contributed by atoms with Crippen molar-refractivity contribution < 1.29 is 14.3 Å². The van der Waals surface area contributed by atoms with Gasteiger partial charge in [-0.3, -0.25) is 9.69 Å². The second-order valence-electron chi connectivity index (χ2n) is 7.45. The van der Waals surface area contributed by atoms with Gasteiger partial charge in [0, 0.05) is 57.7 Å². The van der Waals surface area contributed by atoms with Gasteiger partial charge >= 0.3 is 5.97 Å². The highest BCUT2D eigenvalue weighted by Gasteiger charge is 2.51. The Morgan fingerprint density at radius 2 is 1.68 bits per heavy atom. The van der Waals surface area contributed by atoms with Crippen LogP contribution >= 0.6 is 0 Å². The summed E-state index contributed by atoms with van der Waals surface area (Å²) in [5, 5.41) is 0. The summed E-state index contributed by atoms with van der Waals surface area (Å²) < 4.78 is 5.78. The second kappa shape index (κ2) is 7.46. The third kappa shape index (κ3) is 3.47. The Labute approximate surface area is 150 Å². The zero-order valence-electron chi connectivity index (χ0n) is 15.8. The molecular weight excluding hydrogens is 318 g/mol. The van der Waals surface area contributed by atoms with Gasteiger partial charge in [-0.1, -0.05) is 13.8 Å². The van der Waals surface area contributed by atoms with Crippen molar-refractivity contribution in [2.45, 2.75) is 45.6 Å². The molecule has 0 aromatic heterocycles. The molecule has 0 saturated carbocycles. The van der Waals surface area contributed by atoms with Crippen molar-refractivity contribution in [2.24, 2.45) is 0 Å². The van der Waals surface area contributed by atoms with Crippen LogP contribution in [0.25, 0.3) is 0 Å². The highest BCUT2D eigenvalue weighted by Crippen LogP contribution is 2.41. The van der Waals surface area contributed by atoms with E-state index in [1.807, 2.05) is 4.90 Å². The Balaban J connectivity index is 1.74. The molecule has 2 saturated heterocycles. The van der Waals surface area contributed by atoms with Crippen molar-refractivity contribution >= 4 is 11.9 Å². The predicted octanol–water partition coefficient (Wildman–Crippen LogP) is 1.27. The van der Waals surface area contributed by atoms with Gasteiger partial charge in [-0.25, -0.2) is 4.79 Å². The molecule has 2 fully saturated rings. The molecule has 6 nitrogen and oxygen atoms in total. The fourth-order valence-corrected chi connectivity index (χ4v) is 4.34. The number of likely N-dealkylation sites (tertiary alicyclic amines) is 1. The molecule has 0 atom stereocenters. The molecule has 0 N–H and O–H groups in total. The van der Waals surface area contributed by atoms with E-state index in [0.29, 0.717) is 11.1 Å². The summed E-state index contributed by atoms with van der Waals surface area (Å²) in [6.45, 7) is 13.2. The number of hydrogen-bond acceptors (Lipinski definition) is 5. The summed E-state index contributed by atoms with van der Waals surface area (Å²) in [6, 6.07) is 0. The maximum absolute atomic E-state index is 13.2. The van der Waals surface area contributed by atoms with E-state index >= 15 is 0 Å². The second-order valence-corrected chi connectivity index (χ2v) is 7.45. The van der Waals surface area contributed by atoms with Gasteiger partial charge in [0.25, 0.3) is 5.91 Å². The average molecular weight is 349 g/mol. The molecule has 1 amide bonds. The van der Waals surface area contributed by atoms with Crippen molar-refractivity contribution in [1.82, 2.24) is 14.7 Å². The van der Waals surface area contributed by atoms with Crippen LogP contribution in [0.4, 0.5) is 0 Å². The van der Waals surface area contributed by atoms with E-state index in [1.54, 1.807) is 6.92 Å². The number of rotatable bonds is 4. The number of piperidine rings is 1. The predicted molar refractivity (Wildman–Crippen MR) is 96.2 cm³/mol. The van der Waals surface area contributed by atoms with Crippen molar-refractivity contribution in [3.63, 3.8) is 0 Å². The lowest BCUT2D eigenvalue weighted by Gasteiger charge is -2.41. The molecule has 0 aromatic carbocycles.